The van der Waals surface area contributed by atoms with E-state index in [2.05, 4.69) is 24.2 Å². The largest absolute Gasteiger partial charge is 0.454 e. The summed E-state index contributed by atoms with van der Waals surface area (Å²) in [7, 11) is 3.96. The maximum Gasteiger partial charge on any atom is 0.408 e. The van der Waals surface area contributed by atoms with E-state index >= 15 is 0 Å². The number of hydrogen-bond donors (Lipinski definition) is 1. The number of rotatable bonds is 5. The number of carbonyl (C=O) groups is 2. The van der Waals surface area contributed by atoms with Crippen molar-refractivity contribution in [2.45, 2.75) is 58.7 Å². The van der Waals surface area contributed by atoms with Crippen molar-refractivity contribution >= 4 is 12.0 Å². The normalized spacial score (nSPS) is 17.4. The Kier molecular flexibility index (Phi) is 6.92. The molecule has 1 aromatic rings. The van der Waals surface area contributed by atoms with E-state index in [4.69, 9.17) is 9.15 Å². The van der Waals surface area contributed by atoms with Crippen molar-refractivity contribution < 1.29 is 18.7 Å². The Balaban J connectivity index is 1.88. The number of amides is 2. The van der Waals surface area contributed by atoms with Crippen molar-refractivity contribution in [3.05, 3.63) is 23.7 Å². The fourth-order valence-electron chi connectivity index (χ4n) is 3.25. The Hall–Kier alpha value is -2.02. The number of hydrogen-bond acceptors (Lipinski definition) is 5. The van der Waals surface area contributed by atoms with Crippen molar-refractivity contribution in [1.29, 1.82) is 0 Å². The van der Waals surface area contributed by atoms with Crippen LogP contribution in [-0.2, 0) is 11.3 Å². The van der Waals surface area contributed by atoms with Crippen molar-refractivity contribution in [1.82, 2.24) is 15.1 Å². The highest BCUT2D eigenvalue weighted by atomic mass is 16.6. The summed E-state index contributed by atoms with van der Waals surface area (Å²) in [6.07, 6.45) is 1.68. The van der Waals surface area contributed by atoms with Crippen molar-refractivity contribution in [2.24, 2.45) is 5.92 Å². The zero-order valence-electron chi connectivity index (χ0n) is 17.4. The molecule has 7 nitrogen and oxygen atoms in total. The lowest BCUT2D eigenvalue weighted by molar-refractivity contribution is 0.0519. The average Bonchev–Trinajstić information content (AvgIpc) is 3.06. The van der Waals surface area contributed by atoms with Gasteiger partial charge in [0, 0.05) is 13.1 Å². The van der Waals surface area contributed by atoms with Gasteiger partial charge in [-0.25, -0.2) is 4.79 Å². The Morgan fingerprint density at radius 2 is 1.96 bits per heavy atom. The van der Waals surface area contributed by atoms with Crippen LogP contribution in [0.5, 0.6) is 0 Å². The molecule has 152 valence electrons. The molecule has 1 unspecified atom stereocenters. The summed E-state index contributed by atoms with van der Waals surface area (Å²) in [6, 6.07) is 3.52. The molecule has 1 saturated heterocycles. The van der Waals surface area contributed by atoms with Gasteiger partial charge in [0.1, 0.15) is 11.4 Å². The van der Waals surface area contributed by atoms with E-state index in [-0.39, 0.29) is 18.5 Å². The van der Waals surface area contributed by atoms with Crippen LogP contribution in [0.1, 0.15) is 56.9 Å². The number of carbonyl (C=O) groups excluding carboxylic acids is 2. The van der Waals surface area contributed by atoms with Gasteiger partial charge in [0.25, 0.3) is 5.91 Å². The number of nitrogens with zero attached hydrogens (tertiary/aromatic N) is 2. The number of alkyl carbamates (subject to hydrolysis) is 1. The average molecular weight is 380 g/mol. The molecule has 1 atom stereocenters. The number of furan rings is 1. The first kappa shape index (κ1) is 21.3. The molecule has 0 spiro atoms. The molecule has 0 aromatic carbocycles. The van der Waals surface area contributed by atoms with Crippen LogP contribution in [-0.4, -0.2) is 60.6 Å². The minimum Gasteiger partial charge on any atom is -0.454 e. The molecular weight excluding hydrogens is 346 g/mol. The highest BCUT2D eigenvalue weighted by Crippen LogP contribution is 2.24. The van der Waals surface area contributed by atoms with Crippen LogP contribution in [0.3, 0.4) is 0 Å². The molecule has 0 radical (unpaired) electrons. The Labute approximate surface area is 162 Å². The SMILES string of the molecule is CC(C1CCN(C)CC1)N(C)C(=O)c1ccc(CNC(=O)OC(C)(C)C)o1. The van der Waals surface area contributed by atoms with Crippen LogP contribution < -0.4 is 5.32 Å². The van der Waals surface area contributed by atoms with E-state index in [1.54, 1.807) is 37.8 Å². The second-order valence-electron chi connectivity index (χ2n) is 8.42. The minimum atomic E-state index is -0.554. The third-order valence-electron chi connectivity index (χ3n) is 5.05. The van der Waals surface area contributed by atoms with E-state index in [1.807, 2.05) is 7.05 Å². The van der Waals surface area contributed by atoms with Gasteiger partial charge in [0.15, 0.2) is 5.76 Å². The summed E-state index contributed by atoms with van der Waals surface area (Å²) >= 11 is 0. The molecule has 1 aliphatic heterocycles. The molecule has 1 aromatic heterocycles. The standard InChI is InChI=1S/C20H33N3O4/c1-14(15-9-11-22(5)12-10-15)23(6)18(24)17-8-7-16(26-17)13-21-19(25)27-20(2,3)4/h7-8,14-15H,9-13H2,1-6H3,(H,21,25). The topological polar surface area (TPSA) is 75.0 Å². The molecular formula is C20H33N3O4. The van der Waals surface area contributed by atoms with Crippen LogP contribution in [0.4, 0.5) is 4.79 Å². The van der Waals surface area contributed by atoms with Crippen LogP contribution >= 0.6 is 0 Å². The molecule has 2 amide bonds. The van der Waals surface area contributed by atoms with Gasteiger partial charge < -0.3 is 24.3 Å². The number of nitrogens with one attached hydrogen (secondary N) is 1. The van der Waals surface area contributed by atoms with E-state index in [0.29, 0.717) is 17.4 Å². The monoisotopic (exact) mass is 379 g/mol. The zero-order chi connectivity index (χ0) is 20.2. The van der Waals surface area contributed by atoms with Gasteiger partial charge in [-0.1, -0.05) is 0 Å². The molecule has 2 rings (SSSR count). The summed E-state index contributed by atoms with van der Waals surface area (Å²) in [5.74, 6) is 1.17. The van der Waals surface area contributed by atoms with Crippen LogP contribution in [0.25, 0.3) is 0 Å². The molecule has 1 fully saturated rings. The lowest BCUT2D eigenvalue weighted by Crippen LogP contribution is -2.44. The van der Waals surface area contributed by atoms with Crippen LogP contribution in [0.2, 0.25) is 0 Å². The van der Waals surface area contributed by atoms with Gasteiger partial charge in [-0.05, 0) is 78.7 Å². The first-order valence-electron chi connectivity index (χ1n) is 9.58. The predicted octanol–water partition coefficient (Wildman–Crippen LogP) is 3.11. The molecule has 0 saturated carbocycles. The molecule has 1 aliphatic rings. The minimum absolute atomic E-state index is 0.134. The quantitative estimate of drug-likeness (QED) is 0.851. The number of likely N-dealkylation sites (tertiary alicyclic amines) is 1. The third-order valence-corrected chi connectivity index (χ3v) is 5.05. The van der Waals surface area contributed by atoms with Crippen molar-refractivity contribution in [3.63, 3.8) is 0 Å². The summed E-state index contributed by atoms with van der Waals surface area (Å²) in [6.45, 7) is 9.82. The van der Waals surface area contributed by atoms with Gasteiger partial charge in [0.2, 0.25) is 0 Å². The molecule has 0 bridgehead atoms. The molecule has 7 heteroatoms. The summed E-state index contributed by atoms with van der Waals surface area (Å²) in [4.78, 5) is 28.5. The summed E-state index contributed by atoms with van der Waals surface area (Å²) in [5.41, 5.74) is -0.554. The number of piperidine rings is 1. The first-order valence-corrected chi connectivity index (χ1v) is 9.58. The first-order chi connectivity index (χ1) is 12.6. The van der Waals surface area contributed by atoms with Gasteiger partial charge in [0.05, 0.1) is 6.54 Å². The summed E-state index contributed by atoms with van der Waals surface area (Å²) < 4.78 is 10.8. The van der Waals surface area contributed by atoms with Gasteiger partial charge in [-0.3, -0.25) is 4.79 Å². The highest BCUT2D eigenvalue weighted by Gasteiger charge is 2.29. The predicted molar refractivity (Wildman–Crippen MR) is 104 cm³/mol. The highest BCUT2D eigenvalue weighted by molar-refractivity contribution is 5.91. The molecule has 1 N–H and O–H groups in total. The lowest BCUT2D eigenvalue weighted by Gasteiger charge is -2.36. The summed E-state index contributed by atoms with van der Waals surface area (Å²) in [5, 5.41) is 2.63. The fraction of sp³-hybridized carbons (Fsp3) is 0.700. The van der Waals surface area contributed by atoms with E-state index in [9.17, 15) is 9.59 Å². The Bertz CT molecular complexity index is 642. The van der Waals surface area contributed by atoms with E-state index < -0.39 is 11.7 Å². The maximum atomic E-state index is 12.7. The van der Waals surface area contributed by atoms with Crippen LogP contribution in [0, 0.1) is 5.92 Å². The van der Waals surface area contributed by atoms with E-state index in [1.165, 1.54) is 0 Å². The maximum absolute atomic E-state index is 12.7. The van der Waals surface area contributed by atoms with Gasteiger partial charge >= 0.3 is 6.09 Å². The van der Waals surface area contributed by atoms with Gasteiger partial charge in [-0.2, -0.15) is 0 Å². The van der Waals surface area contributed by atoms with Crippen molar-refractivity contribution in [3.8, 4) is 0 Å². The Morgan fingerprint density at radius 3 is 2.56 bits per heavy atom. The third kappa shape index (κ3) is 6.27. The second-order valence-corrected chi connectivity index (χ2v) is 8.42. The second kappa shape index (κ2) is 8.78. The lowest BCUT2D eigenvalue weighted by atomic mass is 9.89. The number of ether oxygens (including phenoxy) is 1. The molecule has 27 heavy (non-hydrogen) atoms. The van der Waals surface area contributed by atoms with Crippen LogP contribution in [0.15, 0.2) is 16.5 Å². The van der Waals surface area contributed by atoms with Gasteiger partial charge in [-0.15, -0.1) is 0 Å². The molecule has 2 heterocycles. The van der Waals surface area contributed by atoms with E-state index in [0.717, 1.165) is 25.9 Å². The smallest absolute Gasteiger partial charge is 0.408 e. The zero-order valence-corrected chi connectivity index (χ0v) is 17.4. The fourth-order valence-corrected chi connectivity index (χ4v) is 3.25. The van der Waals surface area contributed by atoms with Crippen molar-refractivity contribution in [2.75, 3.05) is 27.2 Å². The molecule has 0 aliphatic carbocycles. The Morgan fingerprint density at radius 1 is 1.33 bits per heavy atom.